The summed E-state index contributed by atoms with van der Waals surface area (Å²) in [5, 5.41) is 11.8. The number of hydrogen-bond acceptors (Lipinski definition) is 4. The third kappa shape index (κ3) is 2.17. The van der Waals surface area contributed by atoms with Crippen LogP contribution < -0.4 is 14.8 Å². The van der Waals surface area contributed by atoms with Crippen molar-refractivity contribution in [2.24, 2.45) is 0 Å². The predicted molar refractivity (Wildman–Crippen MR) is 71.1 cm³/mol. The monoisotopic (exact) mass is 279 g/mol. The Kier molecular flexibility index (Phi) is 3.57. The number of benzene rings is 1. The molecule has 1 amide bonds. The second-order valence-corrected chi connectivity index (χ2v) is 5.00. The van der Waals surface area contributed by atoms with Gasteiger partial charge < -0.3 is 19.9 Å². The topological polar surface area (TPSA) is 84.9 Å². The second-order valence-electron chi connectivity index (χ2n) is 5.00. The highest BCUT2D eigenvalue weighted by Crippen LogP contribution is 2.39. The molecule has 0 radical (unpaired) electrons. The molecule has 1 aliphatic heterocycles. The number of methoxy groups -OCH3 is 2. The van der Waals surface area contributed by atoms with Gasteiger partial charge in [-0.15, -0.1) is 0 Å². The van der Waals surface area contributed by atoms with Crippen molar-refractivity contribution >= 4 is 11.9 Å². The molecule has 20 heavy (non-hydrogen) atoms. The number of carboxylic acid groups (broad SMARTS) is 1. The fraction of sp³-hybridized carbons (Fsp3) is 0.429. The van der Waals surface area contributed by atoms with Gasteiger partial charge in [0.25, 0.3) is 0 Å². The van der Waals surface area contributed by atoms with Crippen LogP contribution in [0.15, 0.2) is 18.2 Å². The maximum absolute atomic E-state index is 11.6. The maximum Gasteiger partial charge on any atom is 0.327 e. The molecule has 0 aliphatic carbocycles. The highest BCUT2D eigenvalue weighted by molar-refractivity contribution is 5.90. The molecular formula is C14H17NO5. The number of hydrogen-bond donors (Lipinski definition) is 2. The van der Waals surface area contributed by atoms with Crippen molar-refractivity contribution in [2.75, 3.05) is 14.2 Å². The van der Waals surface area contributed by atoms with Gasteiger partial charge in [0.1, 0.15) is 6.04 Å². The van der Waals surface area contributed by atoms with Crippen molar-refractivity contribution in [1.29, 1.82) is 0 Å². The minimum atomic E-state index is -1.05. The first kappa shape index (κ1) is 14.2. The van der Waals surface area contributed by atoms with Crippen LogP contribution in [0.25, 0.3) is 0 Å². The smallest absolute Gasteiger partial charge is 0.327 e. The molecule has 6 nitrogen and oxygen atoms in total. The summed E-state index contributed by atoms with van der Waals surface area (Å²) < 4.78 is 10.4. The minimum absolute atomic E-state index is 0.124. The van der Waals surface area contributed by atoms with E-state index < -0.39 is 17.4 Å². The summed E-state index contributed by atoms with van der Waals surface area (Å²) in [6.07, 6.45) is 0.124. The average Bonchev–Trinajstić information content (AvgIpc) is 2.74. The lowest BCUT2D eigenvalue weighted by Gasteiger charge is -2.28. The number of ether oxygens (including phenoxy) is 2. The first-order valence-corrected chi connectivity index (χ1v) is 6.17. The Labute approximate surface area is 116 Å². The zero-order valence-corrected chi connectivity index (χ0v) is 11.6. The number of carbonyl (C=O) groups is 2. The minimum Gasteiger partial charge on any atom is -0.493 e. The summed E-state index contributed by atoms with van der Waals surface area (Å²) in [5.74, 6) is -0.249. The van der Waals surface area contributed by atoms with Crippen LogP contribution in [0.4, 0.5) is 0 Å². The van der Waals surface area contributed by atoms with Crippen molar-refractivity contribution in [3.05, 3.63) is 23.8 Å². The van der Waals surface area contributed by atoms with Crippen LogP contribution in [0.2, 0.25) is 0 Å². The molecule has 2 atom stereocenters. The zero-order chi connectivity index (χ0) is 14.9. The summed E-state index contributed by atoms with van der Waals surface area (Å²) in [6.45, 7) is 1.75. The molecule has 1 heterocycles. The summed E-state index contributed by atoms with van der Waals surface area (Å²) >= 11 is 0. The van der Waals surface area contributed by atoms with Gasteiger partial charge in [-0.1, -0.05) is 13.0 Å². The van der Waals surface area contributed by atoms with Crippen LogP contribution in [0.5, 0.6) is 11.5 Å². The number of nitrogens with one attached hydrogen (secondary N) is 1. The molecule has 1 fully saturated rings. The Hall–Kier alpha value is -2.24. The first-order chi connectivity index (χ1) is 9.42. The largest absolute Gasteiger partial charge is 0.493 e. The van der Waals surface area contributed by atoms with Crippen LogP contribution >= 0.6 is 0 Å². The fourth-order valence-electron chi connectivity index (χ4n) is 2.60. The van der Waals surface area contributed by atoms with Gasteiger partial charge in [0.05, 0.1) is 14.2 Å². The maximum atomic E-state index is 11.6. The van der Waals surface area contributed by atoms with Crippen molar-refractivity contribution in [1.82, 2.24) is 5.32 Å². The van der Waals surface area contributed by atoms with Crippen LogP contribution in [0.1, 0.15) is 18.9 Å². The Balaban J connectivity index is 2.48. The SMILES string of the molecule is COc1ccc(C2(C)CC(=O)NC2C(=O)O)cc1OC. The number of aliphatic carboxylic acids is 1. The molecule has 2 rings (SSSR count). The molecular weight excluding hydrogens is 262 g/mol. The van der Waals surface area contributed by atoms with E-state index in [2.05, 4.69) is 5.32 Å². The predicted octanol–water partition coefficient (Wildman–Crippen LogP) is 0.935. The summed E-state index contributed by atoms with van der Waals surface area (Å²) in [4.78, 5) is 22.9. The number of rotatable bonds is 4. The van der Waals surface area contributed by atoms with E-state index in [1.807, 2.05) is 0 Å². The van der Waals surface area contributed by atoms with Gasteiger partial charge in [-0.05, 0) is 17.7 Å². The quantitative estimate of drug-likeness (QED) is 0.856. The van der Waals surface area contributed by atoms with Gasteiger partial charge in [-0.2, -0.15) is 0 Å². The molecule has 0 saturated carbocycles. The average molecular weight is 279 g/mol. The number of carboxylic acids is 1. The fourth-order valence-corrected chi connectivity index (χ4v) is 2.60. The van der Waals surface area contributed by atoms with Crippen molar-refractivity contribution in [3.63, 3.8) is 0 Å². The number of amides is 1. The molecule has 0 bridgehead atoms. The second kappa shape index (κ2) is 5.03. The molecule has 1 aromatic rings. The zero-order valence-electron chi connectivity index (χ0n) is 11.6. The molecule has 0 aromatic heterocycles. The highest BCUT2D eigenvalue weighted by atomic mass is 16.5. The Bertz CT molecular complexity index is 556. The summed E-state index contributed by atoms with van der Waals surface area (Å²) in [5.41, 5.74) is -0.0939. The normalized spacial score (nSPS) is 25.1. The molecule has 6 heteroatoms. The lowest BCUT2D eigenvalue weighted by molar-refractivity contribution is -0.141. The Morgan fingerprint density at radius 3 is 2.55 bits per heavy atom. The third-order valence-corrected chi connectivity index (χ3v) is 3.76. The van der Waals surface area contributed by atoms with E-state index in [-0.39, 0.29) is 12.3 Å². The molecule has 2 N–H and O–H groups in total. The van der Waals surface area contributed by atoms with Crippen LogP contribution in [-0.4, -0.2) is 37.2 Å². The number of carbonyl (C=O) groups excluding carboxylic acids is 1. The van der Waals surface area contributed by atoms with Crippen molar-refractivity contribution < 1.29 is 24.2 Å². The van der Waals surface area contributed by atoms with Crippen molar-refractivity contribution in [2.45, 2.75) is 24.8 Å². The van der Waals surface area contributed by atoms with Crippen molar-refractivity contribution in [3.8, 4) is 11.5 Å². The lowest BCUT2D eigenvalue weighted by Crippen LogP contribution is -2.44. The molecule has 0 spiro atoms. The van der Waals surface area contributed by atoms with Gasteiger partial charge in [-0.25, -0.2) is 4.79 Å². The molecule has 108 valence electrons. The van der Waals surface area contributed by atoms with Gasteiger partial charge >= 0.3 is 5.97 Å². The van der Waals surface area contributed by atoms with E-state index in [1.165, 1.54) is 14.2 Å². The van der Waals surface area contributed by atoms with E-state index >= 15 is 0 Å². The summed E-state index contributed by atoms with van der Waals surface area (Å²) in [6, 6.07) is 4.24. The molecule has 2 unspecified atom stereocenters. The van der Waals surface area contributed by atoms with Crippen LogP contribution in [0.3, 0.4) is 0 Å². The van der Waals surface area contributed by atoms with Crippen LogP contribution in [-0.2, 0) is 15.0 Å². The standard InChI is InChI=1S/C14H17NO5/c1-14(7-11(16)15-12(14)13(17)18)8-4-5-9(19-2)10(6-8)20-3/h4-6,12H,7H2,1-3H3,(H,15,16)(H,17,18). The van der Waals surface area contributed by atoms with Crippen LogP contribution in [0, 0.1) is 0 Å². The molecule has 1 saturated heterocycles. The lowest BCUT2D eigenvalue weighted by atomic mass is 9.76. The van der Waals surface area contributed by atoms with Gasteiger partial charge in [0.2, 0.25) is 5.91 Å². The Morgan fingerprint density at radius 2 is 2.00 bits per heavy atom. The van der Waals surface area contributed by atoms with E-state index in [9.17, 15) is 14.7 Å². The third-order valence-electron chi connectivity index (χ3n) is 3.76. The van der Waals surface area contributed by atoms with Gasteiger partial charge in [0, 0.05) is 11.8 Å². The van der Waals surface area contributed by atoms with E-state index in [4.69, 9.17) is 9.47 Å². The van der Waals surface area contributed by atoms with Gasteiger partial charge in [0.15, 0.2) is 11.5 Å². The first-order valence-electron chi connectivity index (χ1n) is 6.17. The molecule has 1 aliphatic rings. The Morgan fingerprint density at radius 1 is 1.35 bits per heavy atom. The van der Waals surface area contributed by atoms with E-state index in [0.717, 1.165) is 5.56 Å². The molecule has 1 aromatic carbocycles. The van der Waals surface area contributed by atoms with E-state index in [1.54, 1.807) is 25.1 Å². The summed E-state index contributed by atoms with van der Waals surface area (Å²) in [7, 11) is 3.04. The van der Waals surface area contributed by atoms with Gasteiger partial charge in [-0.3, -0.25) is 4.79 Å². The van der Waals surface area contributed by atoms with E-state index in [0.29, 0.717) is 11.5 Å². The highest BCUT2D eigenvalue weighted by Gasteiger charge is 2.48.